The van der Waals surface area contributed by atoms with Gasteiger partial charge < -0.3 is 145 Å². The van der Waals surface area contributed by atoms with Crippen molar-refractivity contribution in [3.05, 3.63) is 108 Å². The van der Waals surface area contributed by atoms with Gasteiger partial charge in [0.1, 0.15) is 84.6 Å². The monoisotopic (exact) mass is 2000 g/mol. The third-order valence-electron chi connectivity index (χ3n) is 22.5. The van der Waals surface area contributed by atoms with Crippen molar-refractivity contribution in [2.24, 2.45) is 52.2 Å². The summed E-state index contributed by atoms with van der Waals surface area (Å²) in [6, 6.07) is 0.712. The molecule has 782 valence electrons. The molecule has 48 nitrogen and oxygen atoms in total. The van der Waals surface area contributed by atoms with Gasteiger partial charge in [-0.3, -0.25) is 97.7 Å². The second kappa shape index (κ2) is 65.2. The third-order valence-corrected chi connectivity index (χ3v) is 23.1. The Morgan fingerprint density at radius 1 is 0.383 bits per heavy atom. The molecule has 0 bridgehead atoms. The Kier molecular flexibility index (Phi) is 56.1. The summed E-state index contributed by atoms with van der Waals surface area (Å²) in [6.45, 7) is 9.20. The highest BCUT2D eigenvalue weighted by atomic mass is 32.2. The molecule has 0 saturated heterocycles. The summed E-state index contributed by atoms with van der Waals surface area (Å²) >= 11 is 1.33. The zero-order valence-electron chi connectivity index (χ0n) is 81.1. The van der Waals surface area contributed by atoms with Crippen LogP contribution in [0.1, 0.15) is 174 Å². The van der Waals surface area contributed by atoms with Gasteiger partial charge in [0.25, 0.3) is 0 Å². The minimum Gasteiger partial charge on any atom is -0.481 e. The first-order chi connectivity index (χ1) is 66.7. The molecule has 0 saturated carbocycles. The Morgan fingerprint density at radius 2 is 0.723 bits per heavy atom. The SMILES string of the molecule is CC[C@H](C)[C@H](NC(=O)[C@H](Cc1ccccc1)NC(=O)[C@H](CC(=O)O)NC(=O)[C@H](CCCNC(=N)N)NC(=O)[C@H](Cc1ccccc1)NC(=O)[C@H](Cc1ccccc1)NC(=O)[C@H](CCCCN)NC(=O)[C@H](CO)NC(=O)[C@H](CC(C)C)NC(=O)[C@H](CCCNC(=N)N)NC(=O)[C@H](CCSC)NC(=O)[C@@H](N)CCC(=O)O)C(=O)N[C@@H](CC(C)C)C(=O)N(C)[C@@H](CCC(N)=O)C(=O)N[C@@H](CCCNC(=N)N)C(=O)O. The minimum atomic E-state index is -2.07. The van der Waals surface area contributed by atoms with Gasteiger partial charge in [-0.15, -0.1) is 0 Å². The first-order valence-corrected chi connectivity index (χ1v) is 48.2. The first-order valence-electron chi connectivity index (χ1n) is 46.8. The van der Waals surface area contributed by atoms with Gasteiger partial charge in [-0.25, -0.2) is 4.79 Å². The number of likely N-dealkylation sites (N-methyl/N-ethyl adjacent to an activating group) is 1. The summed E-state index contributed by atoms with van der Waals surface area (Å²) in [7, 11) is 1.21. The van der Waals surface area contributed by atoms with Crippen LogP contribution in [-0.4, -0.2) is 292 Å². The molecule has 3 rings (SSSR count). The van der Waals surface area contributed by atoms with Gasteiger partial charge in [0, 0.05) is 58.8 Å². The number of hydrogen-bond donors (Lipinski definition) is 29. The molecule has 0 heterocycles. The molecule has 0 radical (unpaired) electrons. The highest BCUT2D eigenvalue weighted by Gasteiger charge is 2.42. The Labute approximate surface area is 823 Å². The lowest BCUT2D eigenvalue weighted by Gasteiger charge is -2.33. The molecule has 0 aromatic heterocycles. The maximum atomic E-state index is 15.3. The number of nitrogens with zero attached hydrogens (tertiary/aromatic N) is 1. The van der Waals surface area contributed by atoms with Crippen LogP contribution in [-0.2, 0) is 106 Å². The van der Waals surface area contributed by atoms with Gasteiger partial charge in [0.2, 0.25) is 88.6 Å². The number of benzene rings is 3. The first kappa shape index (κ1) is 121. The number of aliphatic carboxylic acids is 3. The van der Waals surface area contributed by atoms with Crippen LogP contribution in [0, 0.1) is 34.0 Å². The fourth-order valence-electron chi connectivity index (χ4n) is 14.6. The number of aliphatic hydroxyl groups is 1. The van der Waals surface area contributed by atoms with E-state index in [9.17, 15) is 82.8 Å². The Balaban J connectivity index is 2.11. The predicted molar refractivity (Wildman–Crippen MR) is 524 cm³/mol. The van der Waals surface area contributed by atoms with E-state index >= 15 is 24.0 Å². The molecule has 49 heteroatoms. The summed E-state index contributed by atoms with van der Waals surface area (Å²) in [5, 5.41) is 105. The van der Waals surface area contributed by atoms with E-state index in [2.05, 4.69) is 85.1 Å². The molecule has 0 aliphatic rings. The molecular formula is C92H146N26O22S. The van der Waals surface area contributed by atoms with Crippen molar-refractivity contribution in [2.45, 2.75) is 267 Å². The van der Waals surface area contributed by atoms with Crippen LogP contribution in [0.2, 0.25) is 0 Å². The number of unbranched alkanes of at least 4 members (excludes halogenated alkanes) is 1. The molecule has 3 aromatic rings. The van der Waals surface area contributed by atoms with Crippen molar-refractivity contribution >= 4 is 136 Å². The number of carboxylic acid groups (broad SMARTS) is 3. The molecule has 0 spiro atoms. The molecule has 0 aliphatic carbocycles. The fraction of sp³-hybridized carbons (Fsp3) is 0.576. The van der Waals surface area contributed by atoms with Crippen LogP contribution < -0.4 is 119 Å². The Morgan fingerprint density at radius 3 is 1.11 bits per heavy atom. The van der Waals surface area contributed by atoms with Crippen LogP contribution in [0.15, 0.2) is 91.0 Å². The summed E-state index contributed by atoms with van der Waals surface area (Å²) in [6.07, 6.45) is -2.02. The lowest BCUT2D eigenvalue weighted by Crippen LogP contribution is -2.62. The maximum absolute atomic E-state index is 15.3. The van der Waals surface area contributed by atoms with Gasteiger partial charge >= 0.3 is 17.9 Å². The Bertz CT molecular complexity index is 4630. The lowest BCUT2D eigenvalue weighted by atomic mass is 9.95. The lowest BCUT2D eigenvalue weighted by molar-refractivity contribution is -0.146. The topological polar surface area (TPSA) is 812 Å². The van der Waals surface area contributed by atoms with E-state index in [1.54, 1.807) is 139 Å². The zero-order valence-corrected chi connectivity index (χ0v) is 81.9. The van der Waals surface area contributed by atoms with Crippen LogP contribution >= 0.6 is 11.8 Å². The van der Waals surface area contributed by atoms with Gasteiger partial charge in [0.15, 0.2) is 17.9 Å². The molecule has 0 fully saturated rings. The molecule has 15 amide bonds. The third kappa shape index (κ3) is 47.6. The van der Waals surface area contributed by atoms with Crippen molar-refractivity contribution in [3.63, 3.8) is 0 Å². The number of guanidine groups is 3. The molecule has 0 unspecified atom stereocenters. The molecule has 0 aliphatic heterocycles. The van der Waals surface area contributed by atoms with Gasteiger partial charge in [-0.2, -0.15) is 11.8 Å². The fourth-order valence-corrected chi connectivity index (χ4v) is 15.1. The number of nitrogens with one attached hydrogen (secondary N) is 19. The standard InChI is InChI=1S/C92H146N26O22S/c1-9-53(6)74(87(137)115-68(45-52(4)5)88(138)118(7)70(35-36-71(95)120)86(136)109-62(89(139)140)33-23-42-104-92(100)101)117-84(134)66(48-56-28-17-12-18-29-56)113-83(133)67(49-73(123)124)114-78(128)60(32-22-41-103-91(98)99)107-81(131)64(46-54-24-13-10-14-25-54)112-82(132)65(47-55-26-15-11-16-27-55)111-76(126)58(30-19-20-39-93)108-85(135)69(50-119)116-80(130)63(44-51(2)3)110-77(127)59(31-21-40-102-90(96)97)106-79(129)61(38-43-141-8)105-75(125)57(94)34-37-72(121)122/h10-18,24-29,51-53,57-70,74,119H,9,19-23,30-50,93-94H2,1-8H3,(H2,95,120)(H,105,125)(H,106,129)(H,107,131)(H,108,135)(H,109,136)(H,110,127)(H,111,126)(H,112,132)(H,113,133)(H,114,128)(H,115,137)(H,116,130)(H,117,134)(H,121,122)(H,123,124)(H,139,140)(H4,96,97,102)(H4,98,99,103)(H4,100,101,104)/t53-,57-,58-,59-,60-,61-,62-,63-,64-,65-,66-,67-,68-,69-,70-,74-/m0/s1. The molecule has 16 atom stereocenters. The van der Waals surface area contributed by atoms with E-state index < -0.39 is 241 Å². The van der Waals surface area contributed by atoms with E-state index in [4.69, 9.17) is 50.6 Å². The minimum absolute atomic E-state index is 0.0358. The maximum Gasteiger partial charge on any atom is 0.326 e. The Hall–Kier alpha value is -13.8. The van der Waals surface area contributed by atoms with Crippen LogP contribution in [0.4, 0.5) is 0 Å². The summed E-state index contributed by atoms with van der Waals surface area (Å²) in [5.74, 6) is -21.6. The smallest absolute Gasteiger partial charge is 0.326 e. The number of amides is 15. The largest absolute Gasteiger partial charge is 0.481 e. The van der Waals surface area contributed by atoms with Crippen LogP contribution in [0.3, 0.4) is 0 Å². The second-order valence-corrected chi connectivity index (χ2v) is 36.1. The van der Waals surface area contributed by atoms with E-state index in [1.807, 2.05) is 0 Å². The summed E-state index contributed by atoms with van der Waals surface area (Å²) < 4.78 is 0. The number of carbonyl (C=O) groups excluding carboxylic acids is 15. The van der Waals surface area contributed by atoms with Crippen molar-refractivity contribution in [2.75, 3.05) is 51.8 Å². The molecule has 3 aromatic carbocycles. The molecule has 35 N–H and O–H groups in total. The van der Waals surface area contributed by atoms with E-state index in [0.717, 1.165) is 4.90 Å². The van der Waals surface area contributed by atoms with E-state index in [0.29, 0.717) is 28.9 Å². The normalized spacial score (nSPS) is 14.5. The number of primary amides is 1. The van der Waals surface area contributed by atoms with E-state index in [1.165, 1.54) is 18.8 Å². The number of hydrogen-bond acceptors (Lipinski definition) is 25. The zero-order chi connectivity index (χ0) is 106. The molecule has 141 heavy (non-hydrogen) atoms. The summed E-state index contributed by atoms with van der Waals surface area (Å²) in [4.78, 5) is 255. The summed E-state index contributed by atoms with van der Waals surface area (Å²) in [5.41, 5.74) is 35.1. The highest BCUT2D eigenvalue weighted by Crippen LogP contribution is 2.20. The van der Waals surface area contributed by atoms with Gasteiger partial charge in [0.05, 0.1) is 19.1 Å². The van der Waals surface area contributed by atoms with Gasteiger partial charge in [-0.05, 0) is 143 Å². The predicted octanol–water partition coefficient (Wildman–Crippen LogP) is -4.34. The van der Waals surface area contributed by atoms with E-state index in [-0.39, 0.29) is 153 Å². The van der Waals surface area contributed by atoms with Crippen LogP contribution in [0.5, 0.6) is 0 Å². The quantitative estimate of drug-likeness (QED) is 0.0144. The van der Waals surface area contributed by atoms with Crippen LogP contribution in [0.25, 0.3) is 0 Å². The number of nitrogens with two attached hydrogens (primary N) is 6. The number of rotatable bonds is 69. The molecular weight excluding hydrogens is 1850 g/mol. The number of carboxylic acids is 3. The highest BCUT2D eigenvalue weighted by molar-refractivity contribution is 7.98. The van der Waals surface area contributed by atoms with Crippen molar-refractivity contribution in [3.8, 4) is 0 Å². The second-order valence-electron chi connectivity index (χ2n) is 35.1. The van der Waals surface area contributed by atoms with Crippen molar-refractivity contribution < 1.29 is 107 Å². The number of thioether (sulfide) groups is 1. The van der Waals surface area contributed by atoms with Crippen molar-refractivity contribution in [1.29, 1.82) is 16.2 Å². The number of aliphatic hydroxyl groups excluding tert-OH is 1. The van der Waals surface area contributed by atoms with Crippen molar-refractivity contribution in [1.82, 2.24) is 90.0 Å². The average Bonchev–Trinajstić information content (AvgIpc) is 0.825. The van der Waals surface area contributed by atoms with Gasteiger partial charge in [-0.1, -0.05) is 139 Å². The average molecular weight is 2000 g/mol. The number of carbonyl (C=O) groups is 18.